The zero-order chi connectivity index (χ0) is 22.4. The third kappa shape index (κ3) is 4.95. The smallest absolute Gasteiger partial charge is 0.329 e. The third-order valence-electron chi connectivity index (χ3n) is 4.57. The first-order chi connectivity index (χ1) is 15.0. The van der Waals surface area contributed by atoms with Gasteiger partial charge in [-0.25, -0.2) is 4.79 Å². The van der Waals surface area contributed by atoms with Crippen LogP contribution in [0.5, 0.6) is 5.75 Å². The molecular weight excluding hydrogens is 416 g/mol. The van der Waals surface area contributed by atoms with Gasteiger partial charge in [0.15, 0.2) is 0 Å². The predicted molar refractivity (Wildman–Crippen MR) is 116 cm³/mol. The van der Waals surface area contributed by atoms with Crippen LogP contribution in [0.2, 0.25) is 0 Å². The molecule has 0 aliphatic carbocycles. The average molecular weight is 436 g/mol. The van der Waals surface area contributed by atoms with Gasteiger partial charge in [0.25, 0.3) is 11.1 Å². The molecule has 0 bridgehead atoms. The van der Waals surface area contributed by atoms with E-state index in [1.165, 1.54) is 6.92 Å². The fourth-order valence-electron chi connectivity index (χ4n) is 2.97. The predicted octanol–water partition coefficient (Wildman–Crippen LogP) is 4.13. The number of hydrogen-bond acceptors (Lipinski definition) is 7. The van der Waals surface area contributed by atoms with Gasteiger partial charge in [0.2, 0.25) is 0 Å². The van der Waals surface area contributed by atoms with Crippen LogP contribution < -0.4 is 4.74 Å². The quantitative estimate of drug-likeness (QED) is 0.476. The zero-order valence-corrected chi connectivity index (χ0v) is 17.8. The number of thioether (sulfide) groups is 1. The summed E-state index contributed by atoms with van der Waals surface area (Å²) in [5.41, 5.74) is 1.86. The van der Waals surface area contributed by atoms with Crippen molar-refractivity contribution in [3.05, 3.63) is 70.1 Å². The Kier molecular flexibility index (Phi) is 7.11. The van der Waals surface area contributed by atoms with Crippen molar-refractivity contribution in [2.75, 3.05) is 6.61 Å². The minimum Gasteiger partial charge on any atom is -0.488 e. The van der Waals surface area contributed by atoms with Gasteiger partial charge in [-0.15, -0.1) is 0 Å². The fraction of sp³-hybridized carbons (Fsp3) is 0.217. The molecule has 158 valence electrons. The van der Waals surface area contributed by atoms with Gasteiger partial charge in [-0.3, -0.25) is 14.5 Å². The van der Waals surface area contributed by atoms with Crippen molar-refractivity contribution in [3.8, 4) is 11.8 Å². The van der Waals surface area contributed by atoms with Crippen LogP contribution in [0.15, 0.2) is 53.4 Å². The van der Waals surface area contributed by atoms with Gasteiger partial charge in [0.05, 0.1) is 23.1 Å². The number of nitriles is 1. The average Bonchev–Trinajstić information content (AvgIpc) is 3.05. The highest BCUT2D eigenvalue weighted by Crippen LogP contribution is 2.35. The molecule has 0 spiro atoms. The largest absolute Gasteiger partial charge is 0.488 e. The van der Waals surface area contributed by atoms with E-state index in [2.05, 4.69) is 6.07 Å². The van der Waals surface area contributed by atoms with Crippen molar-refractivity contribution < 1.29 is 23.9 Å². The number of nitrogens with zero attached hydrogens (tertiary/aromatic N) is 2. The Morgan fingerprint density at radius 3 is 2.65 bits per heavy atom. The summed E-state index contributed by atoms with van der Waals surface area (Å²) >= 11 is 0.762. The fourth-order valence-corrected chi connectivity index (χ4v) is 3.86. The van der Waals surface area contributed by atoms with E-state index >= 15 is 0 Å². The first kappa shape index (κ1) is 22.1. The lowest BCUT2D eigenvalue weighted by Crippen LogP contribution is -2.42. The van der Waals surface area contributed by atoms with Gasteiger partial charge in [-0.2, -0.15) is 5.26 Å². The van der Waals surface area contributed by atoms with Crippen LogP contribution >= 0.6 is 11.8 Å². The Morgan fingerprint density at radius 1 is 1.19 bits per heavy atom. The van der Waals surface area contributed by atoms with Crippen molar-refractivity contribution in [1.29, 1.82) is 5.26 Å². The summed E-state index contributed by atoms with van der Waals surface area (Å²) in [6.07, 6.45) is 1.56. The van der Waals surface area contributed by atoms with Crippen LogP contribution in [0.1, 0.15) is 30.5 Å². The highest BCUT2D eigenvalue weighted by molar-refractivity contribution is 8.18. The molecule has 0 saturated carbocycles. The summed E-state index contributed by atoms with van der Waals surface area (Å²) < 4.78 is 10.8. The molecule has 1 saturated heterocycles. The first-order valence-electron chi connectivity index (χ1n) is 9.59. The zero-order valence-electron chi connectivity index (χ0n) is 17.0. The molecule has 3 rings (SSSR count). The van der Waals surface area contributed by atoms with Crippen molar-refractivity contribution in [1.82, 2.24) is 4.90 Å². The molecule has 0 radical (unpaired) electrons. The maximum absolute atomic E-state index is 12.8. The number of carbonyl (C=O) groups is 3. The van der Waals surface area contributed by atoms with Gasteiger partial charge >= 0.3 is 5.97 Å². The number of rotatable bonds is 7. The second kappa shape index (κ2) is 9.96. The Hall–Kier alpha value is -3.57. The molecule has 0 N–H and O–H groups in total. The van der Waals surface area contributed by atoms with E-state index < -0.39 is 23.2 Å². The molecular formula is C23H20N2O5S. The maximum atomic E-state index is 12.8. The number of carbonyl (C=O) groups excluding carboxylic acids is 3. The number of amides is 2. The van der Waals surface area contributed by atoms with Gasteiger partial charge < -0.3 is 9.47 Å². The van der Waals surface area contributed by atoms with Crippen LogP contribution in [-0.2, 0) is 20.9 Å². The number of esters is 1. The number of para-hydroxylation sites is 1. The van der Waals surface area contributed by atoms with Crippen LogP contribution in [0.4, 0.5) is 4.79 Å². The first-order valence-corrected chi connectivity index (χ1v) is 10.4. The van der Waals surface area contributed by atoms with Crippen molar-refractivity contribution >= 4 is 35.0 Å². The Morgan fingerprint density at radius 2 is 1.90 bits per heavy atom. The molecule has 1 fully saturated rings. The molecule has 0 aromatic heterocycles. The summed E-state index contributed by atoms with van der Waals surface area (Å²) in [4.78, 5) is 38.2. The number of imide groups is 1. The van der Waals surface area contributed by atoms with Crippen molar-refractivity contribution in [2.45, 2.75) is 26.5 Å². The van der Waals surface area contributed by atoms with E-state index in [1.54, 1.807) is 49.4 Å². The molecule has 8 heteroatoms. The van der Waals surface area contributed by atoms with Crippen molar-refractivity contribution in [2.24, 2.45) is 0 Å². The second-order valence-corrected chi connectivity index (χ2v) is 7.57. The lowest BCUT2D eigenvalue weighted by Gasteiger charge is -2.19. The SMILES string of the molecule is CCOC(=O)C(C)N1C(=O)SC(=Cc2ccccc2OCc2ccccc2C#N)C1=O. The Bertz CT molecular complexity index is 1090. The van der Waals surface area contributed by atoms with E-state index in [9.17, 15) is 19.6 Å². The number of benzene rings is 2. The summed E-state index contributed by atoms with van der Waals surface area (Å²) in [7, 11) is 0. The highest BCUT2D eigenvalue weighted by Gasteiger charge is 2.41. The molecule has 7 nitrogen and oxygen atoms in total. The van der Waals surface area contributed by atoms with Crippen molar-refractivity contribution in [3.63, 3.8) is 0 Å². The molecule has 2 amide bonds. The molecule has 31 heavy (non-hydrogen) atoms. The molecule has 1 aliphatic heterocycles. The van der Waals surface area contributed by atoms with Crippen LogP contribution in [0, 0.1) is 11.3 Å². The van der Waals surface area contributed by atoms with E-state index in [1.807, 2.05) is 12.1 Å². The molecule has 1 aliphatic rings. The van der Waals surface area contributed by atoms with Gasteiger partial charge in [0.1, 0.15) is 18.4 Å². The number of hydrogen-bond donors (Lipinski definition) is 0. The summed E-state index contributed by atoms with van der Waals surface area (Å²) in [5, 5.41) is 8.70. The van der Waals surface area contributed by atoms with E-state index in [0.29, 0.717) is 16.9 Å². The van der Waals surface area contributed by atoms with Crippen LogP contribution in [0.25, 0.3) is 6.08 Å². The summed E-state index contributed by atoms with van der Waals surface area (Å²) in [6.45, 7) is 3.45. The highest BCUT2D eigenvalue weighted by atomic mass is 32.2. The van der Waals surface area contributed by atoms with Gasteiger partial charge in [-0.05, 0) is 43.8 Å². The van der Waals surface area contributed by atoms with Crippen LogP contribution in [0.3, 0.4) is 0 Å². The van der Waals surface area contributed by atoms with Crippen LogP contribution in [-0.4, -0.2) is 34.7 Å². The monoisotopic (exact) mass is 436 g/mol. The lowest BCUT2D eigenvalue weighted by molar-refractivity contribution is -0.150. The lowest BCUT2D eigenvalue weighted by atomic mass is 10.1. The topological polar surface area (TPSA) is 96.7 Å². The standard InChI is InChI=1S/C23H20N2O5S/c1-3-29-22(27)15(2)25-21(26)20(31-23(25)28)12-16-8-6-7-11-19(16)30-14-18-10-5-4-9-17(18)13-24/h4-12,15H,3,14H2,1-2H3. The Labute approximate surface area is 184 Å². The van der Waals surface area contributed by atoms with Gasteiger partial charge in [-0.1, -0.05) is 36.4 Å². The maximum Gasteiger partial charge on any atom is 0.329 e. The minimum absolute atomic E-state index is 0.162. The normalized spacial score (nSPS) is 15.6. The third-order valence-corrected chi connectivity index (χ3v) is 5.45. The summed E-state index contributed by atoms with van der Waals surface area (Å²) in [6, 6.07) is 15.3. The van der Waals surface area contributed by atoms with Gasteiger partial charge in [0, 0.05) is 11.1 Å². The Balaban J connectivity index is 1.81. The van der Waals surface area contributed by atoms with E-state index in [4.69, 9.17) is 9.47 Å². The van der Waals surface area contributed by atoms with E-state index in [0.717, 1.165) is 22.2 Å². The molecule has 1 heterocycles. The molecule has 1 unspecified atom stereocenters. The number of ether oxygens (including phenoxy) is 2. The second-order valence-electron chi connectivity index (χ2n) is 6.58. The summed E-state index contributed by atoms with van der Waals surface area (Å²) in [5.74, 6) is -0.688. The van der Waals surface area contributed by atoms with E-state index in [-0.39, 0.29) is 18.1 Å². The minimum atomic E-state index is -1.01. The molecule has 1 atom stereocenters. The molecule has 2 aromatic rings. The molecule has 2 aromatic carbocycles.